The second-order valence-electron chi connectivity index (χ2n) is 5.06. The fraction of sp³-hybridized carbons (Fsp3) is 0.462. The molecule has 8 nitrogen and oxygen atoms in total. The number of amides is 3. The van der Waals surface area contributed by atoms with Crippen molar-refractivity contribution in [3.05, 3.63) is 18.3 Å². The van der Waals surface area contributed by atoms with E-state index < -0.39 is 27.2 Å². The van der Waals surface area contributed by atoms with Gasteiger partial charge in [-0.1, -0.05) is 11.8 Å². The molecule has 126 valence electrons. The molecular formula is C13H18N4O4S2. The summed E-state index contributed by atoms with van der Waals surface area (Å²) in [6.45, 7) is 2.66. The summed E-state index contributed by atoms with van der Waals surface area (Å²) in [5.41, 5.74) is 4.88. The number of hydrogen-bond acceptors (Lipinski definition) is 6. The van der Waals surface area contributed by atoms with Crippen molar-refractivity contribution in [1.82, 2.24) is 14.6 Å². The molecule has 0 spiro atoms. The standard InChI is InChI=1S/C13H18N4O4S2/c1-9(12(18)16-13(14)19)22-11-5-4-10(8-15-11)23(20,21)17-6-2-3-7-17/h4-5,8-9H,2-3,6-7H2,1H3,(H3,14,16,18,19). The van der Waals surface area contributed by atoms with Gasteiger partial charge in [-0.05, 0) is 31.9 Å². The van der Waals surface area contributed by atoms with Crippen LogP contribution in [0.4, 0.5) is 4.79 Å². The average Bonchev–Trinajstić information content (AvgIpc) is 3.02. The molecule has 1 aliphatic rings. The molecule has 1 saturated heterocycles. The van der Waals surface area contributed by atoms with Gasteiger partial charge < -0.3 is 5.73 Å². The molecule has 1 aromatic heterocycles. The first-order valence-electron chi connectivity index (χ1n) is 7.04. The minimum Gasteiger partial charge on any atom is -0.351 e. The summed E-state index contributed by atoms with van der Waals surface area (Å²) in [5.74, 6) is -0.530. The van der Waals surface area contributed by atoms with E-state index in [2.05, 4.69) is 4.98 Å². The van der Waals surface area contributed by atoms with E-state index in [9.17, 15) is 18.0 Å². The third-order valence-corrected chi connectivity index (χ3v) is 6.26. The van der Waals surface area contributed by atoms with Gasteiger partial charge in [0.2, 0.25) is 15.9 Å². The largest absolute Gasteiger partial charge is 0.351 e. The number of imide groups is 1. The summed E-state index contributed by atoms with van der Waals surface area (Å²) in [4.78, 5) is 26.5. The number of sulfonamides is 1. The monoisotopic (exact) mass is 358 g/mol. The Labute approximate surface area is 138 Å². The molecule has 23 heavy (non-hydrogen) atoms. The molecule has 1 fully saturated rings. The van der Waals surface area contributed by atoms with Crippen LogP contribution in [-0.2, 0) is 14.8 Å². The summed E-state index contributed by atoms with van der Waals surface area (Å²) in [7, 11) is -3.50. The van der Waals surface area contributed by atoms with Crippen LogP contribution in [-0.4, -0.2) is 48.0 Å². The SMILES string of the molecule is CC(Sc1ccc(S(=O)(=O)N2CCCC2)cn1)C(=O)NC(N)=O. The van der Waals surface area contributed by atoms with Gasteiger partial charge in [-0.3, -0.25) is 10.1 Å². The molecule has 0 saturated carbocycles. The summed E-state index contributed by atoms with van der Waals surface area (Å²) in [6.07, 6.45) is 3.02. The van der Waals surface area contributed by atoms with Gasteiger partial charge in [0.1, 0.15) is 4.90 Å². The number of nitrogens with one attached hydrogen (secondary N) is 1. The Kier molecular flexibility index (Phi) is 5.60. The Hall–Kier alpha value is -1.65. The van der Waals surface area contributed by atoms with Crippen LogP contribution in [0.5, 0.6) is 0 Å². The van der Waals surface area contributed by atoms with Gasteiger partial charge in [0.05, 0.1) is 10.3 Å². The highest BCUT2D eigenvalue weighted by Crippen LogP contribution is 2.24. The average molecular weight is 358 g/mol. The Morgan fingerprint density at radius 3 is 2.52 bits per heavy atom. The number of carbonyl (C=O) groups excluding carboxylic acids is 2. The van der Waals surface area contributed by atoms with Crippen LogP contribution in [0, 0.1) is 0 Å². The number of hydrogen-bond donors (Lipinski definition) is 2. The summed E-state index contributed by atoms with van der Waals surface area (Å²) >= 11 is 1.11. The first-order chi connectivity index (χ1) is 10.8. The molecule has 1 atom stereocenters. The van der Waals surface area contributed by atoms with Crippen LogP contribution in [0.25, 0.3) is 0 Å². The van der Waals surface area contributed by atoms with Crippen LogP contribution in [0.2, 0.25) is 0 Å². The van der Waals surface area contributed by atoms with Crippen molar-refractivity contribution in [1.29, 1.82) is 0 Å². The maximum atomic E-state index is 12.4. The molecule has 3 amide bonds. The molecule has 10 heteroatoms. The van der Waals surface area contributed by atoms with Gasteiger partial charge >= 0.3 is 6.03 Å². The lowest BCUT2D eigenvalue weighted by atomic mass is 10.4. The van der Waals surface area contributed by atoms with E-state index in [4.69, 9.17) is 5.73 Å². The lowest BCUT2D eigenvalue weighted by molar-refractivity contribution is -0.119. The predicted molar refractivity (Wildman–Crippen MR) is 85.3 cm³/mol. The van der Waals surface area contributed by atoms with Gasteiger partial charge in [-0.2, -0.15) is 4.31 Å². The normalized spacial score (nSPS) is 16.9. The van der Waals surface area contributed by atoms with Crippen molar-refractivity contribution in [3.63, 3.8) is 0 Å². The van der Waals surface area contributed by atoms with E-state index in [1.54, 1.807) is 13.0 Å². The molecule has 1 unspecified atom stereocenters. The number of urea groups is 1. The lowest BCUT2D eigenvalue weighted by Crippen LogP contribution is -2.39. The third kappa shape index (κ3) is 4.43. The van der Waals surface area contributed by atoms with E-state index in [1.807, 2.05) is 5.32 Å². The van der Waals surface area contributed by atoms with Crippen molar-refractivity contribution < 1.29 is 18.0 Å². The lowest BCUT2D eigenvalue weighted by Gasteiger charge is -2.15. The number of aromatic nitrogens is 1. The predicted octanol–water partition coefficient (Wildman–Crippen LogP) is 0.542. The summed E-state index contributed by atoms with van der Waals surface area (Å²) in [6, 6.07) is 2.10. The van der Waals surface area contributed by atoms with Crippen molar-refractivity contribution in [3.8, 4) is 0 Å². The molecule has 0 bridgehead atoms. The molecule has 1 aromatic rings. The zero-order valence-electron chi connectivity index (χ0n) is 12.6. The van der Waals surface area contributed by atoms with Gasteiger partial charge in [0.25, 0.3) is 0 Å². The van der Waals surface area contributed by atoms with Crippen LogP contribution >= 0.6 is 11.8 Å². The summed E-state index contributed by atoms with van der Waals surface area (Å²) in [5, 5.41) is 1.88. The van der Waals surface area contributed by atoms with Crippen LogP contribution in [0.3, 0.4) is 0 Å². The number of primary amides is 1. The highest BCUT2D eigenvalue weighted by Gasteiger charge is 2.27. The Morgan fingerprint density at radius 1 is 1.35 bits per heavy atom. The molecule has 3 N–H and O–H groups in total. The summed E-state index contributed by atoms with van der Waals surface area (Å²) < 4.78 is 26.2. The van der Waals surface area contributed by atoms with Crippen LogP contribution in [0.15, 0.2) is 28.3 Å². The van der Waals surface area contributed by atoms with Crippen molar-refractivity contribution in [2.75, 3.05) is 13.1 Å². The highest BCUT2D eigenvalue weighted by molar-refractivity contribution is 8.00. The fourth-order valence-corrected chi connectivity index (χ4v) is 4.38. The van der Waals surface area contributed by atoms with Crippen molar-refractivity contribution in [2.24, 2.45) is 5.73 Å². The van der Waals surface area contributed by atoms with E-state index >= 15 is 0 Å². The van der Waals surface area contributed by atoms with E-state index in [0.717, 1.165) is 24.6 Å². The van der Waals surface area contributed by atoms with Crippen LogP contribution in [0.1, 0.15) is 19.8 Å². The van der Waals surface area contributed by atoms with Gasteiger partial charge in [0.15, 0.2) is 0 Å². The number of nitrogens with zero attached hydrogens (tertiary/aromatic N) is 2. The maximum absolute atomic E-state index is 12.4. The van der Waals surface area contributed by atoms with Gasteiger partial charge in [-0.15, -0.1) is 0 Å². The van der Waals surface area contributed by atoms with E-state index in [-0.39, 0.29) is 4.90 Å². The topological polar surface area (TPSA) is 122 Å². The molecule has 1 aliphatic heterocycles. The Bertz CT molecular complexity index is 684. The van der Waals surface area contributed by atoms with Crippen molar-refractivity contribution >= 4 is 33.7 Å². The van der Waals surface area contributed by atoms with Crippen molar-refractivity contribution in [2.45, 2.75) is 34.9 Å². The molecular weight excluding hydrogens is 340 g/mol. The second kappa shape index (κ2) is 7.28. The first kappa shape index (κ1) is 17.7. The molecule has 2 heterocycles. The first-order valence-corrected chi connectivity index (χ1v) is 9.36. The van der Waals surface area contributed by atoms with Gasteiger partial charge in [0, 0.05) is 19.3 Å². The molecule has 0 radical (unpaired) electrons. The number of pyridine rings is 1. The number of rotatable bonds is 5. The quantitative estimate of drug-likeness (QED) is 0.741. The van der Waals surface area contributed by atoms with E-state index in [0.29, 0.717) is 18.1 Å². The molecule has 0 aromatic carbocycles. The van der Waals surface area contributed by atoms with Gasteiger partial charge in [-0.25, -0.2) is 18.2 Å². The Morgan fingerprint density at radius 2 is 2.00 bits per heavy atom. The van der Waals surface area contributed by atoms with E-state index in [1.165, 1.54) is 16.6 Å². The second-order valence-corrected chi connectivity index (χ2v) is 8.36. The smallest absolute Gasteiger partial charge is 0.318 e. The highest BCUT2D eigenvalue weighted by atomic mass is 32.2. The molecule has 2 rings (SSSR count). The molecule has 0 aliphatic carbocycles. The number of nitrogens with two attached hydrogens (primary N) is 1. The zero-order chi connectivity index (χ0) is 17.0. The number of thioether (sulfide) groups is 1. The zero-order valence-corrected chi connectivity index (χ0v) is 14.2. The third-order valence-electron chi connectivity index (χ3n) is 3.33. The number of carbonyl (C=O) groups is 2. The minimum atomic E-state index is -3.50. The fourth-order valence-electron chi connectivity index (χ4n) is 2.12. The van der Waals surface area contributed by atoms with Crippen LogP contribution < -0.4 is 11.1 Å². The minimum absolute atomic E-state index is 0.137. The maximum Gasteiger partial charge on any atom is 0.318 e. The Balaban J connectivity index is 2.04.